The summed E-state index contributed by atoms with van der Waals surface area (Å²) in [4.78, 5) is 0. The number of aryl methyl sites for hydroxylation is 1. The normalized spacial score (nSPS) is 9.94. The van der Waals surface area contributed by atoms with Gasteiger partial charge in [-0.05, 0) is 31.5 Å². The van der Waals surface area contributed by atoms with Crippen LogP contribution in [0.15, 0.2) is 24.3 Å². The second-order valence-corrected chi connectivity index (χ2v) is 3.67. The maximum Gasteiger partial charge on any atom is 0.0657 e. The van der Waals surface area contributed by atoms with Crippen molar-refractivity contribution in [3.05, 3.63) is 47.3 Å². The van der Waals surface area contributed by atoms with Gasteiger partial charge in [0.25, 0.3) is 0 Å². The number of hydrogen-bond donors (Lipinski definition) is 0. The number of nitrogens with zero attached hydrogens (tertiary/aromatic N) is 2. The average Bonchev–Trinajstić information content (AvgIpc) is 2.57. The molecule has 0 aliphatic heterocycles. The first-order chi connectivity index (χ1) is 7.24. The minimum atomic E-state index is 0. The molecule has 0 bridgehead atoms. The zero-order valence-electron chi connectivity index (χ0n) is 9.73. The van der Waals surface area contributed by atoms with E-state index in [1.54, 1.807) is 0 Å². The van der Waals surface area contributed by atoms with Gasteiger partial charge in [0.2, 0.25) is 0 Å². The molecule has 3 heteroatoms. The van der Waals surface area contributed by atoms with E-state index in [9.17, 15) is 0 Å². The van der Waals surface area contributed by atoms with Crippen molar-refractivity contribution >= 4 is 0 Å². The summed E-state index contributed by atoms with van der Waals surface area (Å²) in [5.41, 5.74) is 4.67. The quantitative estimate of drug-likeness (QED) is 0.717. The molecule has 0 saturated carbocycles. The van der Waals surface area contributed by atoms with Gasteiger partial charge in [0.15, 0.2) is 0 Å². The molecule has 0 radical (unpaired) electrons. The van der Waals surface area contributed by atoms with Crippen LogP contribution < -0.4 is 0 Å². The van der Waals surface area contributed by atoms with Crippen LogP contribution in [0.1, 0.15) is 23.9 Å². The topological polar surface area (TPSA) is 17.8 Å². The second kappa shape index (κ2) is 5.45. The Kier molecular flexibility index (Phi) is 4.49. The third kappa shape index (κ3) is 2.27. The van der Waals surface area contributed by atoms with Crippen molar-refractivity contribution < 1.29 is 21.1 Å². The monoisotopic (exact) mass is 394 g/mol. The predicted molar refractivity (Wildman–Crippen MR) is 61.3 cm³/mol. The molecule has 0 aliphatic carbocycles. The molecule has 0 amide bonds. The number of benzene rings is 1. The molecule has 88 valence electrons. The van der Waals surface area contributed by atoms with E-state index in [1.807, 2.05) is 28.9 Å². The molecule has 1 aromatic heterocycles. The van der Waals surface area contributed by atoms with E-state index >= 15 is 0 Å². The van der Waals surface area contributed by atoms with Crippen LogP contribution in [-0.2, 0) is 27.5 Å². The van der Waals surface area contributed by atoms with Gasteiger partial charge in [0.05, 0.1) is 5.69 Å². The van der Waals surface area contributed by atoms with E-state index < -0.39 is 0 Å². The zero-order valence-corrected chi connectivity index (χ0v) is 12.0. The van der Waals surface area contributed by atoms with Crippen LogP contribution in [0.2, 0.25) is 0 Å². The van der Waals surface area contributed by atoms with Crippen LogP contribution in [0.25, 0.3) is 5.69 Å². The van der Waals surface area contributed by atoms with Crippen molar-refractivity contribution in [2.24, 2.45) is 0 Å². The molecule has 2 nitrogen and oxygen atoms in total. The van der Waals surface area contributed by atoms with Crippen molar-refractivity contribution in [1.29, 1.82) is 0 Å². The molecule has 0 N–H and O–H groups in total. The second-order valence-electron chi connectivity index (χ2n) is 3.67. The van der Waals surface area contributed by atoms with Crippen LogP contribution >= 0.6 is 0 Å². The standard InChI is InChI=1S/C13H15N2.Pt/c1-4-13-10(2)11(3)15(14-13)12-8-6-5-7-9-12;/h5-8H,4H2,1-3H3;/q-1;. The first-order valence-electron chi connectivity index (χ1n) is 5.26. The Balaban J connectivity index is 0.00000128. The molecule has 0 atom stereocenters. The van der Waals surface area contributed by atoms with Gasteiger partial charge >= 0.3 is 0 Å². The fraction of sp³-hybridized carbons (Fsp3) is 0.308. The van der Waals surface area contributed by atoms with Gasteiger partial charge < -0.3 is 0 Å². The summed E-state index contributed by atoms with van der Waals surface area (Å²) in [5, 5.41) is 4.58. The number of para-hydroxylation sites is 1. The van der Waals surface area contributed by atoms with Gasteiger partial charge in [-0.15, -0.1) is 6.07 Å². The van der Waals surface area contributed by atoms with E-state index in [2.05, 4.69) is 31.9 Å². The van der Waals surface area contributed by atoms with Gasteiger partial charge in [-0.2, -0.15) is 29.4 Å². The molecule has 0 saturated heterocycles. The largest absolute Gasteiger partial charge is 0.262 e. The summed E-state index contributed by atoms with van der Waals surface area (Å²) in [6.45, 7) is 6.36. The van der Waals surface area contributed by atoms with E-state index in [-0.39, 0.29) is 21.1 Å². The fourth-order valence-corrected chi connectivity index (χ4v) is 1.72. The number of hydrogen-bond acceptors (Lipinski definition) is 1. The smallest absolute Gasteiger partial charge is 0.0657 e. The van der Waals surface area contributed by atoms with Crippen molar-refractivity contribution in [2.45, 2.75) is 27.2 Å². The summed E-state index contributed by atoms with van der Waals surface area (Å²) in [6, 6.07) is 11.1. The summed E-state index contributed by atoms with van der Waals surface area (Å²) in [6.07, 6.45) is 0.979. The van der Waals surface area contributed by atoms with Crippen LogP contribution in [0.5, 0.6) is 0 Å². The first kappa shape index (κ1) is 13.2. The molecule has 0 spiro atoms. The third-order valence-electron chi connectivity index (χ3n) is 2.77. The Hall–Kier alpha value is -0.882. The maximum atomic E-state index is 4.58. The summed E-state index contributed by atoms with van der Waals surface area (Å²) in [5.74, 6) is 0. The average molecular weight is 394 g/mol. The molecular weight excluding hydrogens is 379 g/mol. The van der Waals surface area contributed by atoms with Crippen molar-refractivity contribution in [3.63, 3.8) is 0 Å². The Morgan fingerprint density at radius 2 is 2.06 bits per heavy atom. The van der Waals surface area contributed by atoms with E-state index in [1.165, 1.54) is 17.0 Å². The molecule has 1 heterocycles. The molecule has 2 rings (SSSR count). The van der Waals surface area contributed by atoms with E-state index in [0.717, 1.165) is 12.1 Å². The molecule has 2 aromatic rings. The van der Waals surface area contributed by atoms with Crippen LogP contribution in [0, 0.1) is 19.9 Å². The number of rotatable bonds is 2. The van der Waals surface area contributed by atoms with Crippen LogP contribution in [-0.4, -0.2) is 9.78 Å². The van der Waals surface area contributed by atoms with Crippen molar-refractivity contribution in [2.75, 3.05) is 0 Å². The van der Waals surface area contributed by atoms with Crippen molar-refractivity contribution in [1.82, 2.24) is 9.78 Å². The molecular formula is C13H15N2Pt-. The molecule has 0 fully saturated rings. The van der Waals surface area contributed by atoms with Crippen LogP contribution in [0.3, 0.4) is 0 Å². The van der Waals surface area contributed by atoms with Gasteiger partial charge in [-0.1, -0.05) is 6.92 Å². The zero-order chi connectivity index (χ0) is 10.8. The summed E-state index contributed by atoms with van der Waals surface area (Å²) < 4.78 is 1.97. The SMILES string of the molecule is CCc1nn(-c2[c-]cccc2)c(C)c1C.[Pt]. The Labute approximate surface area is 111 Å². The van der Waals surface area contributed by atoms with Gasteiger partial charge in [0, 0.05) is 26.8 Å². The van der Waals surface area contributed by atoms with E-state index in [0.29, 0.717) is 0 Å². The summed E-state index contributed by atoms with van der Waals surface area (Å²) in [7, 11) is 0. The molecule has 1 aromatic carbocycles. The van der Waals surface area contributed by atoms with Gasteiger partial charge in [-0.25, -0.2) is 0 Å². The minimum Gasteiger partial charge on any atom is -0.262 e. The van der Waals surface area contributed by atoms with E-state index in [4.69, 9.17) is 0 Å². The Morgan fingerprint density at radius 3 is 2.56 bits per heavy atom. The predicted octanol–water partition coefficient (Wildman–Crippen LogP) is 2.85. The fourth-order valence-electron chi connectivity index (χ4n) is 1.72. The van der Waals surface area contributed by atoms with Crippen molar-refractivity contribution in [3.8, 4) is 5.69 Å². The Morgan fingerprint density at radius 1 is 1.31 bits per heavy atom. The van der Waals surface area contributed by atoms with Gasteiger partial charge in [-0.3, -0.25) is 4.68 Å². The minimum absolute atomic E-state index is 0. The van der Waals surface area contributed by atoms with Crippen LogP contribution in [0.4, 0.5) is 0 Å². The first-order valence-corrected chi connectivity index (χ1v) is 5.26. The summed E-state index contributed by atoms with van der Waals surface area (Å²) >= 11 is 0. The third-order valence-corrected chi connectivity index (χ3v) is 2.77. The Bertz CT molecular complexity index is 460. The molecule has 16 heavy (non-hydrogen) atoms. The molecule has 0 aliphatic rings. The van der Waals surface area contributed by atoms with Gasteiger partial charge in [0.1, 0.15) is 0 Å². The molecule has 0 unspecified atom stereocenters. The number of aromatic nitrogens is 2. The maximum absolute atomic E-state index is 4.58.